The van der Waals surface area contributed by atoms with Crippen LogP contribution in [-0.2, 0) is 0 Å². The molecular formula is C15H34N2. The lowest BCUT2D eigenvalue weighted by atomic mass is 9.96. The second-order valence-corrected chi connectivity index (χ2v) is 7.54. The maximum atomic E-state index is 3.53. The van der Waals surface area contributed by atoms with Crippen LogP contribution >= 0.6 is 0 Å². The highest BCUT2D eigenvalue weighted by atomic mass is 15.1. The van der Waals surface area contributed by atoms with Gasteiger partial charge >= 0.3 is 0 Å². The zero-order valence-corrected chi connectivity index (χ0v) is 13.2. The van der Waals surface area contributed by atoms with E-state index in [2.05, 4.69) is 58.8 Å². The van der Waals surface area contributed by atoms with Crippen LogP contribution < -0.4 is 5.32 Å². The van der Waals surface area contributed by atoms with Gasteiger partial charge in [-0.25, -0.2) is 0 Å². The van der Waals surface area contributed by atoms with Crippen molar-refractivity contribution in [2.45, 2.75) is 66.3 Å². The third kappa shape index (κ3) is 13.9. The van der Waals surface area contributed by atoms with Gasteiger partial charge in [0.05, 0.1) is 0 Å². The van der Waals surface area contributed by atoms with Gasteiger partial charge in [0.25, 0.3) is 0 Å². The molecule has 2 heteroatoms. The molecule has 0 radical (unpaired) electrons. The standard InChI is InChI=1S/C15H34N2/c1-14(2,3)13-17(7)12-10-8-9-11-16-15(4,5)6/h16H,8-13H2,1-7H3. The van der Waals surface area contributed by atoms with E-state index < -0.39 is 0 Å². The van der Waals surface area contributed by atoms with Crippen LogP contribution in [0.15, 0.2) is 0 Å². The van der Waals surface area contributed by atoms with Crippen LogP contribution in [0.1, 0.15) is 60.8 Å². The lowest BCUT2D eigenvalue weighted by Gasteiger charge is -2.26. The van der Waals surface area contributed by atoms with Crippen LogP contribution in [0.2, 0.25) is 0 Å². The fourth-order valence-electron chi connectivity index (χ4n) is 2.04. The van der Waals surface area contributed by atoms with Gasteiger partial charge in [-0.15, -0.1) is 0 Å². The summed E-state index contributed by atoms with van der Waals surface area (Å²) in [4.78, 5) is 2.46. The Bertz CT molecular complexity index is 186. The molecule has 0 heterocycles. The molecule has 0 aliphatic carbocycles. The zero-order valence-electron chi connectivity index (χ0n) is 13.2. The highest BCUT2D eigenvalue weighted by molar-refractivity contribution is 4.70. The number of hydrogen-bond donors (Lipinski definition) is 1. The lowest BCUT2D eigenvalue weighted by Crippen LogP contribution is -2.36. The topological polar surface area (TPSA) is 15.3 Å². The van der Waals surface area contributed by atoms with Gasteiger partial charge in [-0.2, -0.15) is 0 Å². The molecule has 0 aliphatic heterocycles. The molecule has 17 heavy (non-hydrogen) atoms. The van der Waals surface area contributed by atoms with Crippen LogP contribution in [0.25, 0.3) is 0 Å². The molecule has 0 aromatic rings. The Hall–Kier alpha value is -0.0800. The van der Waals surface area contributed by atoms with Gasteiger partial charge in [-0.1, -0.05) is 27.2 Å². The first kappa shape index (κ1) is 16.9. The second kappa shape index (κ2) is 7.38. The van der Waals surface area contributed by atoms with Crippen molar-refractivity contribution in [3.8, 4) is 0 Å². The third-order valence-corrected chi connectivity index (χ3v) is 2.62. The summed E-state index contributed by atoms with van der Waals surface area (Å²) in [5, 5.41) is 3.53. The smallest absolute Gasteiger partial charge is 0.00965 e. The molecule has 0 aromatic heterocycles. The van der Waals surface area contributed by atoms with Gasteiger partial charge in [0.15, 0.2) is 0 Å². The molecule has 104 valence electrons. The van der Waals surface area contributed by atoms with Crippen molar-refractivity contribution < 1.29 is 0 Å². The summed E-state index contributed by atoms with van der Waals surface area (Å²) < 4.78 is 0. The molecule has 0 amide bonds. The number of nitrogens with zero attached hydrogens (tertiary/aromatic N) is 1. The van der Waals surface area contributed by atoms with Crippen LogP contribution in [0.5, 0.6) is 0 Å². The van der Waals surface area contributed by atoms with Crippen molar-refractivity contribution in [3.63, 3.8) is 0 Å². The molecule has 0 rings (SSSR count). The van der Waals surface area contributed by atoms with Crippen LogP contribution in [0, 0.1) is 5.41 Å². The molecule has 0 unspecified atom stereocenters. The summed E-state index contributed by atoms with van der Waals surface area (Å²) in [6.07, 6.45) is 3.94. The number of unbranched alkanes of at least 4 members (excludes halogenated alkanes) is 2. The molecule has 0 atom stereocenters. The minimum absolute atomic E-state index is 0.267. The van der Waals surface area contributed by atoms with Crippen LogP contribution in [0.3, 0.4) is 0 Å². The predicted molar refractivity (Wildman–Crippen MR) is 78.6 cm³/mol. The van der Waals surface area contributed by atoms with Crippen molar-refractivity contribution in [3.05, 3.63) is 0 Å². The van der Waals surface area contributed by atoms with Crippen LogP contribution in [-0.4, -0.2) is 37.1 Å². The maximum absolute atomic E-state index is 3.53. The summed E-state index contributed by atoms with van der Waals surface area (Å²) in [6, 6.07) is 0. The minimum Gasteiger partial charge on any atom is -0.312 e. The zero-order chi connectivity index (χ0) is 13.5. The van der Waals surface area contributed by atoms with E-state index in [0.29, 0.717) is 5.41 Å². The molecular weight excluding hydrogens is 208 g/mol. The predicted octanol–water partition coefficient (Wildman–Crippen LogP) is 3.52. The Morgan fingerprint density at radius 2 is 1.47 bits per heavy atom. The summed E-state index contributed by atoms with van der Waals surface area (Å²) in [5.74, 6) is 0. The number of nitrogens with one attached hydrogen (secondary N) is 1. The van der Waals surface area contributed by atoms with E-state index >= 15 is 0 Å². The fourth-order valence-corrected chi connectivity index (χ4v) is 2.04. The van der Waals surface area contributed by atoms with E-state index in [9.17, 15) is 0 Å². The normalized spacial score (nSPS) is 13.4. The largest absolute Gasteiger partial charge is 0.312 e. The quantitative estimate of drug-likeness (QED) is 0.687. The first-order valence-corrected chi connectivity index (χ1v) is 7.04. The average Bonchev–Trinajstić information content (AvgIpc) is 2.06. The maximum Gasteiger partial charge on any atom is 0.00965 e. The first-order chi connectivity index (χ1) is 7.60. The van der Waals surface area contributed by atoms with E-state index in [1.807, 2.05) is 0 Å². The van der Waals surface area contributed by atoms with Gasteiger partial charge in [-0.3, -0.25) is 0 Å². The molecule has 0 aromatic carbocycles. The van der Waals surface area contributed by atoms with Gasteiger partial charge in [0.2, 0.25) is 0 Å². The summed E-state index contributed by atoms with van der Waals surface area (Å²) in [5.41, 5.74) is 0.686. The van der Waals surface area contributed by atoms with E-state index in [1.54, 1.807) is 0 Å². The van der Waals surface area contributed by atoms with E-state index in [4.69, 9.17) is 0 Å². The Morgan fingerprint density at radius 3 is 1.94 bits per heavy atom. The molecule has 0 saturated carbocycles. The SMILES string of the molecule is CN(CCCCCNC(C)(C)C)CC(C)(C)C. The molecule has 0 fully saturated rings. The van der Waals surface area contributed by atoms with Gasteiger partial charge in [-0.05, 0) is 59.2 Å². The molecule has 0 bridgehead atoms. The molecule has 1 N–H and O–H groups in total. The Balaban J connectivity index is 3.40. The van der Waals surface area contributed by atoms with Crippen molar-refractivity contribution in [2.24, 2.45) is 5.41 Å². The number of hydrogen-bond acceptors (Lipinski definition) is 2. The Kier molecular flexibility index (Phi) is 7.34. The Labute approximate surface area is 109 Å². The minimum atomic E-state index is 0.267. The molecule has 0 aliphatic rings. The highest BCUT2D eigenvalue weighted by Gasteiger charge is 2.12. The first-order valence-electron chi connectivity index (χ1n) is 7.04. The van der Waals surface area contributed by atoms with E-state index in [0.717, 1.165) is 6.54 Å². The molecule has 0 saturated heterocycles. The van der Waals surface area contributed by atoms with Crippen molar-refractivity contribution >= 4 is 0 Å². The van der Waals surface area contributed by atoms with Gasteiger partial charge < -0.3 is 10.2 Å². The van der Waals surface area contributed by atoms with Gasteiger partial charge in [0, 0.05) is 12.1 Å². The fraction of sp³-hybridized carbons (Fsp3) is 1.00. The van der Waals surface area contributed by atoms with E-state index in [-0.39, 0.29) is 5.54 Å². The monoisotopic (exact) mass is 242 g/mol. The second-order valence-electron chi connectivity index (χ2n) is 7.54. The molecule has 2 nitrogen and oxygen atoms in total. The Morgan fingerprint density at radius 1 is 0.882 bits per heavy atom. The molecule has 0 spiro atoms. The summed E-state index contributed by atoms with van der Waals surface area (Å²) >= 11 is 0. The van der Waals surface area contributed by atoms with Crippen molar-refractivity contribution in [2.75, 3.05) is 26.7 Å². The number of rotatable bonds is 7. The van der Waals surface area contributed by atoms with E-state index in [1.165, 1.54) is 32.4 Å². The summed E-state index contributed by atoms with van der Waals surface area (Å²) in [7, 11) is 2.23. The third-order valence-electron chi connectivity index (χ3n) is 2.62. The van der Waals surface area contributed by atoms with Crippen molar-refractivity contribution in [1.82, 2.24) is 10.2 Å². The van der Waals surface area contributed by atoms with Gasteiger partial charge in [0.1, 0.15) is 0 Å². The highest BCUT2D eigenvalue weighted by Crippen LogP contribution is 2.14. The average molecular weight is 242 g/mol. The van der Waals surface area contributed by atoms with Crippen molar-refractivity contribution in [1.29, 1.82) is 0 Å². The summed E-state index contributed by atoms with van der Waals surface area (Å²) in [6.45, 7) is 17.1. The lowest BCUT2D eigenvalue weighted by molar-refractivity contribution is 0.223. The van der Waals surface area contributed by atoms with Crippen LogP contribution in [0.4, 0.5) is 0 Å².